The molecule has 5 nitrogen and oxygen atoms in total. The predicted octanol–water partition coefficient (Wildman–Crippen LogP) is 1.46. The average Bonchev–Trinajstić information content (AvgIpc) is 3.15. The monoisotopic (exact) mass is 242 g/mol. The Bertz CT molecular complexity index is 553. The fourth-order valence-corrected chi connectivity index (χ4v) is 1.71. The highest BCUT2D eigenvalue weighted by atomic mass is 16.7. The molecule has 0 amide bonds. The standard InChI is InChI=1S/C13H10N2O3/c1-2-17-12(16)13(8-15)11(18-13)10-5-3-9(7-14)4-6-10/h3-6,11H,2H2,1H3. The lowest BCUT2D eigenvalue weighted by Crippen LogP contribution is -2.26. The second-order valence-electron chi connectivity index (χ2n) is 3.80. The van der Waals surface area contributed by atoms with E-state index in [1.54, 1.807) is 31.2 Å². The van der Waals surface area contributed by atoms with Crippen molar-refractivity contribution in [3.63, 3.8) is 0 Å². The maximum absolute atomic E-state index is 11.6. The van der Waals surface area contributed by atoms with E-state index in [2.05, 4.69) is 0 Å². The predicted molar refractivity (Wildman–Crippen MR) is 60.0 cm³/mol. The van der Waals surface area contributed by atoms with Gasteiger partial charge in [-0.15, -0.1) is 0 Å². The summed E-state index contributed by atoms with van der Waals surface area (Å²) in [5.74, 6) is -0.665. The highest BCUT2D eigenvalue weighted by Gasteiger charge is 2.66. The third-order valence-corrected chi connectivity index (χ3v) is 2.70. The number of nitrogens with zero attached hydrogens (tertiary/aromatic N) is 2. The number of epoxide rings is 1. The zero-order valence-electron chi connectivity index (χ0n) is 9.71. The van der Waals surface area contributed by atoms with Crippen LogP contribution >= 0.6 is 0 Å². The topological polar surface area (TPSA) is 86.4 Å². The van der Waals surface area contributed by atoms with Crippen LogP contribution in [0.2, 0.25) is 0 Å². The summed E-state index contributed by atoms with van der Waals surface area (Å²) in [6.07, 6.45) is -0.616. The van der Waals surface area contributed by atoms with Crippen molar-refractivity contribution in [3.05, 3.63) is 35.4 Å². The first kappa shape index (κ1) is 12.1. The lowest BCUT2D eigenvalue weighted by Gasteiger charge is -2.03. The molecule has 1 aliphatic rings. The number of hydrogen-bond donors (Lipinski definition) is 0. The number of benzene rings is 1. The van der Waals surface area contributed by atoms with Crippen molar-refractivity contribution in [3.8, 4) is 12.1 Å². The van der Waals surface area contributed by atoms with Gasteiger partial charge >= 0.3 is 5.97 Å². The smallest absolute Gasteiger partial charge is 0.356 e. The van der Waals surface area contributed by atoms with Crippen LogP contribution in [-0.4, -0.2) is 18.2 Å². The molecule has 1 aromatic rings. The molecule has 0 radical (unpaired) electrons. The second-order valence-corrected chi connectivity index (χ2v) is 3.80. The van der Waals surface area contributed by atoms with Gasteiger partial charge in [0.25, 0.3) is 5.60 Å². The van der Waals surface area contributed by atoms with Crippen LogP contribution in [-0.2, 0) is 14.3 Å². The van der Waals surface area contributed by atoms with E-state index in [0.717, 1.165) is 0 Å². The van der Waals surface area contributed by atoms with Gasteiger partial charge in [0, 0.05) is 0 Å². The van der Waals surface area contributed by atoms with Gasteiger partial charge in [0.2, 0.25) is 0 Å². The Balaban J connectivity index is 2.20. The quantitative estimate of drug-likeness (QED) is 0.591. The third kappa shape index (κ3) is 1.81. The van der Waals surface area contributed by atoms with E-state index in [9.17, 15) is 4.79 Å². The normalized spacial score (nSPS) is 24.7. The van der Waals surface area contributed by atoms with E-state index in [1.807, 2.05) is 12.1 Å². The highest BCUT2D eigenvalue weighted by molar-refractivity contribution is 5.87. The Morgan fingerprint density at radius 2 is 2.11 bits per heavy atom. The summed E-state index contributed by atoms with van der Waals surface area (Å²) in [6, 6.07) is 10.4. The van der Waals surface area contributed by atoms with Crippen LogP contribution < -0.4 is 0 Å². The molecule has 1 aromatic carbocycles. The Hall–Kier alpha value is -2.37. The Morgan fingerprint density at radius 3 is 2.61 bits per heavy atom. The molecule has 2 unspecified atom stereocenters. The summed E-state index contributed by atoms with van der Waals surface area (Å²) in [7, 11) is 0. The molecule has 90 valence electrons. The number of carbonyl (C=O) groups excluding carboxylic acids is 1. The molecule has 1 saturated heterocycles. The van der Waals surface area contributed by atoms with Gasteiger partial charge in [-0.3, -0.25) is 0 Å². The zero-order chi connectivity index (χ0) is 13.2. The van der Waals surface area contributed by atoms with Crippen LogP contribution in [0.4, 0.5) is 0 Å². The molecule has 0 saturated carbocycles. The van der Waals surface area contributed by atoms with Crippen molar-refractivity contribution in [2.45, 2.75) is 18.6 Å². The maximum atomic E-state index is 11.6. The van der Waals surface area contributed by atoms with Gasteiger partial charge in [-0.2, -0.15) is 10.5 Å². The van der Waals surface area contributed by atoms with E-state index in [1.165, 1.54) is 0 Å². The van der Waals surface area contributed by atoms with Gasteiger partial charge in [-0.1, -0.05) is 12.1 Å². The van der Waals surface area contributed by atoms with Gasteiger partial charge < -0.3 is 9.47 Å². The van der Waals surface area contributed by atoms with Gasteiger partial charge in [-0.05, 0) is 24.6 Å². The number of carbonyl (C=O) groups is 1. The Morgan fingerprint density at radius 1 is 1.44 bits per heavy atom. The first-order valence-corrected chi connectivity index (χ1v) is 5.44. The molecular weight excluding hydrogens is 232 g/mol. The van der Waals surface area contributed by atoms with Gasteiger partial charge in [-0.25, -0.2) is 4.79 Å². The highest BCUT2D eigenvalue weighted by Crippen LogP contribution is 2.50. The van der Waals surface area contributed by atoms with Crippen molar-refractivity contribution < 1.29 is 14.3 Å². The summed E-state index contributed by atoms with van der Waals surface area (Å²) in [5, 5.41) is 17.7. The first-order valence-electron chi connectivity index (χ1n) is 5.44. The van der Waals surface area contributed by atoms with Crippen LogP contribution in [0.1, 0.15) is 24.2 Å². The number of nitriles is 2. The average molecular weight is 242 g/mol. The van der Waals surface area contributed by atoms with Crippen molar-refractivity contribution >= 4 is 5.97 Å². The molecule has 1 heterocycles. The zero-order valence-corrected chi connectivity index (χ0v) is 9.71. The maximum Gasteiger partial charge on any atom is 0.356 e. The first-order chi connectivity index (χ1) is 8.67. The number of rotatable bonds is 3. The summed E-state index contributed by atoms with van der Waals surface area (Å²) < 4.78 is 10.0. The van der Waals surface area contributed by atoms with E-state index < -0.39 is 17.7 Å². The molecule has 1 fully saturated rings. The number of ether oxygens (including phenoxy) is 2. The molecule has 0 aromatic heterocycles. The molecule has 2 rings (SSSR count). The lowest BCUT2D eigenvalue weighted by molar-refractivity contribution is -0.147. The van der Waals surface area contributed by atoms with Gasteiger partial charge in [0.1, 0.15) is 12.2 Å². The summed E-state index contributed by atoms with van der Waals surface area (Å²) in [5.41, 5.74) is -0.328. The Labute approximate surface area is 104 Å². The van der Waals surface area contributed by atoms with E-state index in [0.29, 0.717) is 11.1 Å². The third-order valence-electron chi connectivity index (χ3n) is 2.70. The molecule has 18 heavy (non-hydrogen) atoms. The number of esters is 1. The van der Waals surface area contributed by atoms with Crippen LogP contribution in [0.3, 0.4) is 0 Å². The van der Waals surface area contributed by atoms with Crippen LogP contribution in [0.5, 0.6) is 0 Å². The van der Waals surface area contributed by atoms with Gasteiger partial charge in [0.15, 0.2) is 0 Å². The minimum atomic E-state index is -1.52. The van der Waals surface area contributed by atoms with Crippen molar-refractivity contribution in [1.82, 2.24) is 0 Å². The summed E-state index contributed by atoms with van der Waals surface area (Å²) in [6.45, 7) is 1.87. The molecule has 0 bridgehead atoms. The molecule has 0 N–H and O–H groups in total. The Kier molecular flexibility index (Phi) is 3.01. The largest absolute Gasteiger partial charge is 0.463 e. The molecule has 5 heteroatoms. The second kappa shape index (κ2) is 4.48. The fraction of sp³-hybridized carbons (Fsp3) is 0.308. The van der Waals surface area contributed by atoms with E-state index >= 15 is 0 Å². The molecular formula is C13H10N2O3. The van der Waals surface area contributed by atoms with Gasteiger partial charge in [0.05, 0.1) is 18.2 Å². The summed E-state index contributed by atoms with van der Waals surface area (Å²) in [4.78, 5) is 11.6. The van der Waals surface area contributed by atoms with Crippen LogP contribution in [0, 0.1) is 22.7 Å². The minimum Gasteiger partial charge on any atom is -0.463 e. The molecule has 0 aliphatic carbocycles. The summed E-state index contributed by atoms with van der Waals surface area (Å²) >= 11 is 0. The van der Waals surface area contributed by atoms with Crippen LogP contribution in [0.15, 0.2) is 24.3 Å². The van der Waals surface area contributed by atoms with Crippen molar-refractivity contribution in [2.75, 3.05) is 6.61 Å². The molecule has 0 spiro atoms. The van der Waals surface area contributed by atoms with E-state index in [4.69, 9.17) is 20.0 Å². The molecule has 1 aliphatic heterocycles. The SMILES string of the molecule is CCOC(=O)C1(C#N)OC1c1ccc(C#N)cc1. The minimum absolute atomic E-state index is 0.200. The lowest BCUT2D eigenvalue weighted by atomic mass is 10.00. The van der Waals surface area contributed by atoms with Crippen LogP contribution in [0.25, 0.3) is 0 Å². The molecule has 2 atom stereocenters. The van der Waals surface area contributed by atoms with E-state index in [-0.39, 0.29) is 6.61 Å². The number of hydrogen-bond acceptors (Lipinski definition) is 5. The fourth-order valence-electron chi connectivity index (χ4n) is 1.71. The van der Waals surface area contributed by atoms with Crippen molar-refractivity contribution in [2.24, 2.45) is 0 Å². The van der Waals surface area contributed by atoms with Crippen molar-refractivity contribution in [1.29, 1.82) is 10.5 Å².